The van der Waals surface area contributed by atoms with Crippen LogP contribution in [0.1, 0.15) is 42.9 Å². The zero-order valence-corrected chi connectivity index (χ0v) is 24.5. The van der Waals surface area contributed by atoms with Crippen LogP contribution in [-0.2, 0) is 12.4 Å². The van der Waals surface area contributed by atoms with Crippen LogP contribution in [-0.4, -0.2) is 0 Å². The number of allylic oxidation sites excluding steroid dienone is 8. The van der Waals surface area contributed by atoms with Crippen LogP contribution >= 0.6 is 0 Å². The van der Waals surface area contributed by atoms with Crippen molar-refractivity contribution in [1.82, 2.24) is 0 Å². The van der Waals surface area contributed by atoms with Crippen molar-refractivity contribution in [1.29, 1.82) is 0 Å². The molecule has 0 fully saturated rings. The lowest BCUT2D eigenvalue weighted by molar-refractivity contribution is -0.143. The fraction of sp³-hybridized carbons (Fsp3) is 0.179. The second kappa shape index (κ2) is 12.1. The first kappa shape index (κ1) is 30.4. The highest BCUT2D eigenvalue weighted by Crippen LogP contribution is 2.39. The van der Waals surface area contributed by atoms with Crippen LogP contribution in [0.2, 0.25) is 0 Å². The minimum absolute atomic E-state index is 0.141. The molecule has 0 bridgehead atoms. The van der Waals surface area contributed by atoms with Gasteiger partial charge in [-0.1, -0.05) is 110 Å². The predicted octanol–water partition coefficient (Wildman–Crippen LogP) is 12.4. The van der Waals surface area contributed by atoms with E-state index in [0.717, 1.165) is 53.6 Å². The van der Waals surface area contributed by atoms with E-state index >= 15 is 0 Å². The highest BCUT2D eigenvalue weighted by Gasteiger charge is 2.37. The Bertz CT molecular complexity index is 1780. The Morgan fingerprint density at radius 2 is 1.00 bits per heavy atom. The molecule has 0 aliphatic heterocycles. The molecule has 0 amide bonds. The van der Waals surface area contributed by atoms with Gasteiger partial charge in [0.15, 0.2) is 0 Å². The first-order valence-corrected chi connectivity index (χ1v) is 14.8. The van der Waals surface area contributed by atoms with E-state index in [-0.39, 0.29) is 17.2 Å². The number of halogens is 6. The van der Waals surface area contributed by atoms with Gasteiger partial charge in [0.25, 0.3) is 0 Å². The quantitative estimate of drug-likeness (QED) is 0.201. The molecule has 6 rings (SSSR count). The summed E-state index contributed by atoms with van der Waals surface area (Å²) in [7, 11) is 0. The molecule has 4 aromatic rings. The van der Waals surface area contributed by atoms with Gasteiger partial charge in [0, 0.05) is 0 Å². The zero-order chi connectivity index (χ0) is 31.8. The summed E-state index contributed by atoms with van der Waals surface area (Å²) in [5, 5.41) is 0. The number of rotatable bonds is 4. The van der Waals surface area contributed by atoms with E-state index < -0.39 is 23.5 Å². The fourth-order valence-corrected chi connectivity index (χ4v) is 5.96. The predicted molar refractivity (Wildman–Crippen MR) is 169 cm³/mol. The van der Waals surface area contributed by atoms with Crippen molar-refractivity contribution in [2.75, 3.05) is 0 Å². The lowest BCUT2D eigenvalue weighted by atomic mass is 9.83. The molecule has 0 radical (unpaired) electrons. The molecule has 0 saturated heterocycles. The van der Waals surface area contributed by atoms with Gasteiger partial charge in [0.2, 0.25) is 0 Å². The van der Waals surface area contributed by atoms with Crippen molar-refractivity contribution in [2.24, 2.45) is 5.92 Å². The Kier molecular flexibility index (Phi) is 8.17. The van der Waals surface area contributed by atoms with E-state index in [2.05, 4.69) is 61.6 Å². The molecule has 0 heterocycles. The van der Waals surface area contributed by atoms with Gasteiger partial charge in [-0.2, -0.15) is 26.3 Å². The summed E-state index contributed by atoms with van der Waals surface area (Å²) in [6, 6.07) is 24.6. The zero-order valence-electron chi connectivity index (χ0n) is 24.5. The molecular formula is C39H30F6. The molecule has 0 aromatic heterocycles. The molecular weight excluding hydrogens is 582 g/mol. The van der Waals surface area contributed by atoms with Crippen LogP contribution in [0.4, 0.5) is 26.3 Å². The third kappa shape index (κ3) is 6.75. The number of hydrogen-bond acceptors (Lipinski definition) is 0. The van der Waals surface area contributed by atoms with Gasteiger partial charge in [-0.25, -0.2) is 0 Å². The maximum Gasteiger partial charge on any atom is 0.416 e. The van der Waals surface area contributed by atoms with Crippen molar-refractivity contribution >= 4 is 5.57 Å². The van der Waals surface area contributed by atoms with Gasteiger partial charge in [-0.05, 0) is 99.0 Å². The van der Waals surface area contributed by atoms with E-state index in [1.54, 1.807) is 24.3 Å². The van der Waals surface area contributed by atoms with Crippen molar-refractivity contribution in [2.45, 2.75) is 38.5 Å². The molecule has 1 unspecified atom stereocenters. The lowest BCUT2D eigenvalue weighted by Crippen LogP contribution is -2.11. The second-order valence-corrected chi connectivity index (χ2v) is 11.6. The molecule has 6 heteroatoms. The third-order valence-corrected chi connectivity index (χ3v) is 8.51. The molecule has 2 aliphatic carbocycles. The Labute approximate surface area is 258 Å². The average molecular weight is 613 g/mol. The van der Waals surface area contributed by atoms with Gasteiger partial charge < -0.3 is 0 Å². The van der Waals surface area contributed by atoms with Gasteiger partial charge in [-0.3, -0.25) is 0 Å². The summed E-state index contributed by atoms with van der Waals surface area (Å²) in [6.07, 6.45) is 4.60. The van der Waals surface area contributed by atoms with E-state index in [0.29, 0.717) is 5.92 Å². The van der Waals surface area contributed by atoms with Crippen molar-refractivity contribution < 1.29 is 26.3 Å². The van der Waals surface area contributed by atoms with E-state index in [1.807, 2.05) is 24.3 Å². The van der Waals surface area contributed by atoms with Crippen LogP contribution in [0.25, 0.3) is 39.0 Å². The standard InChI is InChI=1S/C39H30F6/c1-25-4-2-6-33-7-3-5-26(20-21-37(25)33)27-8-10-28(11-9-27)29-12-14-30(15-13-29)31-16-18-32(19-17-31)34-22-35(38(40,41)42)24-36(23-34)39(43,44)45/h2,6-25H,3-5H2,1H3/b26-20-,33-7-,37-21-. The summed E-state index contributed by atoms with van der Waals surface area (Å²) in [5.74, 6) is 0.516. The van der Waals surface area contributed by atoms with Crippen molar-refractivity contribution in [3.63, 3.8) is 0 Å². The third-order valence-electron chi connectivity index (χ3n) is 8.51. The highest BCUT2D eigenvalue weighted by molar-refractivity contribution is 5.75. The van der Waals surface area contributed by atoms with E-state index in [9.17, 15) is 26.3 Å². The van der Waals surface area contributed by atoms with Crippen molar-refractivity contribution in [3.05, 3.63) is 149 Å². The van der Waals surface area contributed by atoms with Gasteiger partial charge in [0.1, 0.15) is 0 Å². The Morgan fingerprint density at radius 1 is 0.556 bits per heavy atom. The maximum atomic E-state index is 13.3. The number of fused-ring (bicyclic) bond motifs is 1. The largest absolute Gasteiger partial charge is 0.416 e. The fourth-order valence-electron chi connectivity index (χ4n) is 5.96. The molecule has 0 spiro atoms. The number of benzene rings is 4. The normalized spacial score (nSPS) is 20.5. The molecule has 0 saturated carbocycles. The van der Waals surface area contributed by atoms with Crippen LogP contribution in [0, 0.1) is 5.92 Å². The molecule has 4 aromatic carbocycles. The smallest absolute Gasteiger partial charge is 0.166 e. The second-order valence-electron chi connectivity index (χ2n) is 11.6. The molecule has 0 nitrogen and oxygen atoms in total. The lowest BCUT2D eigenvalue weighted by Gasteiger charge is -2.22. The molecule has 45 heavy (non-hydrogen) atoms. The Hall–Kier alpha value is -4.58. The van der Waals surface area contributed by atoms with E-state index in [1.165, 1.54) is 22.3 Å². The van der Waals surface area contributed by atoms with Crippen LogP contribution in [0.5, 0.6) is 0 Å². The highest BCUT2D eigenvalue weighted by atomic mass is 19.4. The maximum absolute atomic E-state index is 13.3. The molecule has 2 aliphatic rings. The van der Waals surface area contributed by atoms with Crippen LogP contribution in [0.15, 0.2) is 133 Å². The first-order valence-electron chi connectivity index (χ1n) is 14.8. The summed E-state index contributed by atoms with van der Waals surface area (Å²) in [6.45, 7) is 2.27. The van der Waals surface area contributed by atoms with Crippen molar-refractivity contribution in [3.8, 4) is 33.4 Å². The number of alkyl halides is 6. The Balaban J connectivity index is 1.19. The van der Waals surface area contributed by atoms with Gasteiger partial charge in [0.05, 0.1) is 11.1 Å². The van der Waals surface area contributed by atoms with E-state index in [4.69, 9.17) is 0 Å². The molecule has 1 atom stereocenters. The van der Waals surface area contributed by atoms with Gasteiger partial charge in [-0.15, -0.1) is 0 Å². The Morgan fingerprint density at radius 3 is 1.47 bits per heavy atom. The van der Waals surface area contributed by atoms with Gasteiger partial charge >= 0.3 is 12.4 Å². The SMILES string of the molecule is CC1CC=CC2=C/CC/C(c3ccc(-c4ccc(-c5ccc(-c6cc(C(F)(F)F)cc(C(F)(F)F)c6)cc5)cc4)cc3)=C/C=C\21. The summed E-state index contributed by atoms with van der Waals surface area (Å²) in [5.41, 5.74) is 6.50. The summed E-state index contributed by atoms with van der Waals surface area (Å²) in [4.78, 5) is 0. The summed E-state index contributed by atoms with van der Waals surface area (Å²) >= 11 is 0. The monoisotopic (exact) mass is 612 g/mol. The summed E-state index contributed by atoms with van der Waals surface area (Å²) < 4.78 is 79.9. The average Bonchev–Trinajstić information content (AvgIpc) is 3.01. The molecule has 0 N–H and O–H groups in total. The first-order chi connectivity index (χ1) is 21.5. The number of hydrogen-bond donors (Lipinski definition) is 0. The molecule has 228 valence electrons. The van der Waals surface area contributed by atoms with Crippen LogP contribution < -0.4 is 0 Å². The minimum atomic E-state index is -4.89. The minimum Gasteiger partial charge on any atom is -0.166 e. The topological polar surface area (TPSA) is 0 Å². The van der Waals surface area contributed by atoms with Crippen LogP contribution in [0.3, 0.4) is 0 Å².